The molecule has 26 heavy (non-hydrogen) atoms. The van der Waals surface area contributed by atoms with Crippen molar-refractivity contribution in [3.05, 3.63) is 86.3 Å². The molecule has 2 aromatic carbocycles. The van der Waals surface area contributed by atoms with Crippen molar-refractivity contribution in [3.63, 3.8) is 0 Å². The van der Waals surface area contributed by atoms with Gasteiger partial charge in [0.15, 0.2) is 0 Å². The quantitative estimate of drug-likeness (QED) is 0.568. The zero-order chi connectivity index (χ0) is 18.7. The lowest BCUT2D eigenvalue weighted by Gasteiger charge is -2.10. The third kappa shape index (κ3) is 3.30. The lowest BCUT2D eigenvalue weighted by Crippen LogP contribution is -2.13. The van der Waals surface area contributed by atoms with E-state index in [2.05, 4.69) is 4.98 Å². The number of nitro benzene ring substituents is 1. The van der Waals surface area contributed by atoms with E-state index >= 15 is 0 Å². The number of rotatable bonds is 4. The number of nitrogens with zero attached hydrogens (tertiary/aromatic N) is 2. The molecule has 0 spiro atoms. The molecule has 0 aliphatic carbocycles. The first-order valence-electron chi connectivity index (χ1n) is 7.65. The van der Waals surface area contributed by atoms with Crippen molar-refractivity contribution in [1.29, 1.82) is 5.26 Å². The van der Waals surface area contributed by atoms with Crippen molar-refractivity contribution in [3.8, 4) is 28.7 Å². The molecule has 0 bridgehead atoms. The monoisotopic (exact) mass is 347 g/mol. The Kier molecular flexibility index (Phi) is 4.50. The number of ether oxygens (including phenoxy) is 1. The molecule has 0 saturated carbocycles. The zero-order valence-electron chi connectivity index (χ0n) is 13.7. The van der Waals surface area contributed by atoms with E-state index in [0.29, 0.717) is 17.2 Å². The maximum Gasteiger partial charge on any atom is 0.277 e. The molecule has 7 heteroatoms. The molecular weight excluding hydrogens is 334 g/mol. The lowest BCUT2D eigenvalue weighted by atomic mass is 9.99. The number of aromatic amines is 1. The summed E-state index contributed by atoms with van der Waals surface area (Å²) in [6, 6.07) is 16.5. The summed E-state index contributed by atoms with van der Waals surface area (Å²) in [5.74, 6) is 0.925. The molecule has 0 aliphatic rings. The predicted octanol–water partition coefficient (Wildman–Crippen LogP) is 3.92. The van der Waals surface area contributed by atoms with Crippen LogP contribution in [-0.2, 0) is 0 Å². The van der Waals surface area contributed by atoms with E-state index in [-0.39, 0.29) is 22.4 Å². The fourth-order valence-corrected chi connectivity index (χ4v) is 2.59. The Labute approximate surface area is 148 Å². The van der Waals surface area contributed by atoms with Gasteiger partial charge in [0, 0.05) is 17.3 Å². The van der Waals surface area contributed by atoms with Crippen LogP contribution in [0.1, 0.15) is 11.3 Å². The number of nitriles is 1. The molecule has 0 unspecified atom stereocenters. The van der Waals surface area contributed by atoms with E-state index in [1.54, 1.807) is 31.2 Å². The molecule has 7 nitrogen and oxygen atoms in total. The number of nitro groups is 1. The molecule has 0 atom stereocenters. The van der Waals surface area contributed by atoms with Gasteiger partial charge in [0.1, 0.15) is 23.1 Å². The Hall–Kier alpha value is -3.92. The molecule has 0 aliphatic heterocycles. The van der Waals surface area contributed by atoms with Crippen LogP contribution in [0.5, 0.6) is 11.5 Å². The second-order valence-electron chi connectivity index (χ2n) is 5.53. The van der Waals surface area contributed by atoms with E-state index < -0.39 is 10.5 Å². The van der Waals surface area contributed by atoms with Crippen molar-refractivity contribution >= 4 is 5.69 Å². The van der Waals surface area contributed by atoms with Gasteiger partial charge in [0.05, 0.1) is 10.5 Å². The minimum atomic E-state index is -0.592. The van der Waals surface area contributed by atoms with Gasteiger partial charge in [-0.1, -0.05) is 18.2 Å². The minimum Gasteiger partial charge on any atom is -0.457 e. The average Bonchev–Trinajstić information content (AvgIpc) is 2.61. The molecule has 1 heterocycles. The van der Waals surface area contributed by atoms with Gasteiger partial charge in [-0.25, -0.2) is 0 Å². The van der Waals surface area contributed by atoms with Gasteiger partial charge < -0.3 is 9.72 Å². The summed E-state index contributed by atoms with van der Waals surface area (Å²) in [7, 11) is 0. The number of aryl methyl sites for hydroxylation is 1. The third-order valence-electron chi connectivity index (χ3n) is 3.71. The maximum atomic E-state index is 12.0. The van der Waals surface area contributed by atoms with Crippen molar-refractivity contribution in [2.75, 3.05) is 0 Å². The van der Waals surface area contributed by atoms with Gasteiger partial charge >= 0.3 is 0 Å². The van der Waals surface area contributed by atoms with Crippen LogP contribution >= 0.6 is 0 Å². The number of hydrogen-bond donors (Lipinski definition) is 1. The number of para-hydroxylation sites is 1. The molecule has 1 aromatic heterocycles. The Balaban J connectivity index is 2.20. The van der Waals surface area contributed by atoms with Gasteiger partial charge in [0.2, 0.25) is 0 Å². The third-order valence-corrected chi connectivity index (χ3v) is 3.71. The van der Waals surface area contributed by atoms with Crippen LogP contribution in [0.2, 0.25) is 0 Å². The van der Waals surface area contributed by atoms with Crippen LogP contribution < -0.4 is 10.3 Å². The zero-order valence-corrected chi connectivity index (χ0v) is 13.7. The summed E-state index contributed by atoms with van der Waals surface area (Å²) in [6.07, 6.45) is 0. The number of benzene rings is 2. The Morgan fingerprint density at radius 2 is 1.81 bits per heavy atom. The van der Waals surface area contributed by atoms with Gasteiger partial charge in [-0.2, -0.15) is 5.26 Å². The molecule has 0 saturated heterocycles. The molecular formula is C19H13N3O4. The topological polar surface area (TPSA) is 109 Å². The van der Waals surface area contributed by atoms with E-state index in [9.17, 15) is 20.2 Å². The van der Waals surface area contributed by atoms with Crippen LogP contribution in [0.25, 0.3) is 11.1 Å². The van der Waals surface area contributed by atoms with Gasteiger partial charge in [0.25, 0.3) is 11.2 Å². The van der Waals surface area contributed by atoms with E-state index in [1.807, 2.05) is 12.1 Å². The normalized spacial score (nSPS) is 10.2. The largest absolute Gasteiger partial charge is 0.457 e. The van der Waals surface area contributed by atoms with Crippen molar-refractivity contribution in [2.45, 2.75) is 6.92 Å². The molecule has 3 rings (SSSR count). The summed E-state index contributed by atoms with van der Waals surface area (Å²) in [5, 5.41) is 20.7. The summed E-state index contributed by atoms with van der Waals surface area (Å²) < 4.78 is 5.72. The standard InChI is InChI=1S/C19H13N3O4/c1-12-9-15(17(11-20)19(23)21-12)16-10-14(7-8-18(16)22(24)25)26-13-5-3-2-4-6-13/h2-10H,1H3,(H,21,23). The number of hydrogen-bond acceptors (Lipinski definition) is 5. The Bertz CT molecular complexity index is 1080. The molecule has 3 aromatic rings. The first-order valence-corrected chi connectivity index (χ1v) is 7.65. The minimum absolute atomic E-state index is 0.147. The highest BCUT2D eigenvalue weighted by Gasteiger charge is 2.21. The van der Waals surface area contributed by atoms with Crippen molar-refractivity contribution < 1.29 is 9.66 Å². The van der Waals surface area contributed by atoms with Crippen LogP contribution in [-0.4, -0.2) is 9.91 Å². The van der Waals surface area contributed by atoms with Gasteiger partial charge in [-0.15, -0.1) is 0 Å². The van der Waals surface area contributed by atoms with Crippen molar-refractivity contribution in [1.82, 2.24) is 4.98 Å². The number of aromatic nitrogens is 1. The lowest BCUT2D eigenvalue weighted by molar-refractivity contribution is -0.384. The first kappa shape index (κ1) is 16.9. The summed E-state index contributed by atoms with van der Waals surface area (Å²) >= 11 is 0. The van der Waals surface area contributed by atoms with Crippen molar-refractivity contribution in [2.24, 2.45) is 0 Å². The second-order valence-corrected chi connectivity index (χ2v) is 5.53. The first-order chi connectivity index (χ1) is 12.5. The number of nitrogens with one attached hydrogen (secondary N) is 1. The van der Waals surface area contributed by atoms with Crippen LogP contribution in [0.4, 0.5) is 5.69 Å². The highest BCUT2D eigenvalue weighted by molar-refractivity contribution is 5.79. The van der Waals surface area contributed by atoms with E-state index in [0.717, 1.165) is 0 Å². The summed E-state index contributed by atoms with van der Waals surface area (Å²) in [4.78, 5) is 25.4. The Morgan fingerprint density at radius 3 is 2.46 bits per heavy atom. The molecule has 0 amide bonds. The second kappa shape index (κ2) is 6.91. The summed E-state index contributed by atoms with van der Waals surface area (Å²) in [5.41, 5.74) is -0.158. The number of H-pyrrole nitrogens is 1. The van der Waals surface area contributed by atoms with E-state index in [1.165, 1.54) is 24.3 Å². The van der Waals surface area contributed by atoms with Crippen LogP contribution in [0.3, 0.4) is 0 Å². The molecule has 0 radical (unpaired) electrons. The van der Waals surface area contributed by atoms with Gasteiger partial charge in [-0.3, -0.25) is 14.9 Å². The highest BCUT2D eigenvalue weighted by Crippen LogP contribution is 2.35. The van der Waals surface area contributed by atoms with Crippen LogP contribution in [0, 0.1) is 28.4 Å². The predicted molar refractivity (Wildman–Crippen MR) is 95.1 cm³/mol. The Morgan fingerprint density at radius 1 is 1.08 bits per heavy atom. The fraction of sp³-hybridized carbons (Fsp3) is 0.0526. The van der Waals surface area contributed by atoms with E-state index in [4.69, 9.17) is 4.74 Å². The summed E-state index contributed by atoms with van der Waals surface area (Å²) in [6.45, 7) is 1.64. The smallest absolute Gasteiger partial charge is 0.277 e. The highest BCUT2D eigenvalue weighted by atomic mass is 16.6. The molecule has 1 N–H and O–H groups in total. The molecule has 0 fully saturated rings. The van der Waals surface area contributed by atoms with Crippen LogP contribution in [0.15, 0.2) is 59.4 Å². The SMILES string of the molecule is Cc1cc(-c2cc(Oc3ccccc3)ccc2[N+](=O)[O-])c(C#N)c(=O)[nH]1. The number of pyridine rings is 1. The molecule has 128 valence electrons. The fourth-order valence-electron chi connectivity index (χ4n) is 2.59. The van der Waals surface area contributed by atoms with Gasteiger partial charge in [-0.05, 0) is 37.3 Å². The maximum absolute atomic E-state index is 12.0. The average molecular weight is 347 g/mol.